The number of aryl methyl sites for hydroxylation is 1. The zero-order valence-corrected chi connectivity index (χ0v) is 17.8. The molecule has 0 spiro atoms. The Bertz CT molecular complexity index is 611. The highest BCUT2D eigenvalue weighted by Crippen LogP contribution is 2.40. The minimum absolute atomic E-state index is 0.120. The number of nitrogens with one attached hydrogen (secondary N) is 1. The van der Waals surface area contributed by atoms with Gasteiger partial charge in [-0.05, 0) is 62.2 Å². The number of rotatable bonds is 5. The van der Waals surface area contributed by atoms with Crippen molar-refractivity contribution < 1.29 is 4.79 Å². The van der Waals surface area contributed by atoms with Crippen LogP contribution in [0, 0.1) is 11.3 Å². The first-order chi connectivity index (χ1) is 12.3. The monoisotopic (exact) mass is 377 g/mol. The molecular weight excluding hydrogens is 342 g/mol. The number of piperazine rings is 1. The molecule has 1 N–H and O–H groups in total. The van der Waals surface area contributed by atoms with Gasteiger partial charge in [0.05, 0.1) is 4.88 Å². The molecule has 1 fully saturated rings. The Kier molecular flexibility index (Phi) is 6.41. The topological polar surface area (TPSA) is 35.6 Å². The molecule has 2 heterocycles. The number of hydrogen-bond acceptors (Lipinski definition) is 4. The lowest BCUT2D eigenvalue weighted by molar-refractivity contribution is 0.0953. The second-order valence-corrected chi connectivity index (χ2v) is 10.3. The summed E-state index contributed by atoms with van der Waals surface area (Å²) < 4.78 is 0. The summed E-state index contributed by atoms with van der Waals surface area (Å²) in [7, 11) is 2.18. The summed E-state index contributed by atoms with van der Waals surface area (Å²) in [6.07, 6.45) is 4.56. The zero-order valence-electron chi connectivity index (χ0n) is 16.9. The molecule has 1 amide bonds. The van der Waals surface area contributed by atoms with Crippen molar-refractivity contribution in [1.82, 2.24) is 15.1 Å². The van der Waals surface area contributed by atoms with Gasteiger partial charge in [-0.15, -0.1) is 11.3 Å². The van der Waals surface area contributed by atoms with E-state index in [-0.39, 0.29) is 5.91 Å². The van der Waals surface area contributed by atoms with Gasteiger partial charge in [0, 0.05) is 37.6 Å². The minimum Gasteiger partial charge on any atom is -0.351 e. The Balaban J connectivity index is 1.44. The second kappa shape index (κ2) is 8.41. The van der Waals surface area contributed by atoms with Gasteiger partial charge in [-0.1, -0.05) is 20.8 Å². The molecule has 0 saturated carbocycles. The Morgan fingerprint density at radius 1 is 1.27 bits per heavy atom. The number of amides is 1. The van der Waals surface area contributed by atoms with Gasteiger partial charge in [-0.2, -0.15) is 0 Å². The molecule has 1 aliphatic heterocycles. The molecule has 1 aromatic heterocycles. The van der Waals surface area contributed by atoms with Crippen LogP contribution < -0.4 is 5.32 Å². The maximum Gasteiger partial charge on any atom is 0.261 e. The van der Waals surface area contributed by atoms with Gasteiger partial charge >= 0.3 is 0 Å². The maximum absolute atomic E-state index is 12.5. The molecule has 2 aliphatic rings. The molecule has 1 aromatic rings. The molecule has 5 heteroatoms. The van der Waals surface area contributed by atoms with Crippen LogP contribution in [0.5, 0.6) is 0 Å². The lowest BCUT2D eigenvalue weighted by Crippen LogP contribution is -2.45. The van der Waals surface area contributed by atoms with Crippen molar-refractivity contribution >= 4 is 17.2 Å². The summed E-state index contributed by atoms with van der Waals surface area (Å²) in [6, 6.07) is 2.16. The fourth-order valence-electron chi connectivity index (χ4n) is 4.04. The SMILES string of the molecule is CN1CCN(CCCNC(=O)c2cc3c(s2)CCC(C(C)(C)C)C3)CC1. The van der Waals surface area contributed by atoms with Crippen LogP contribution in [0.2, 0.25) is 0 Å². The number of fused-ring (bicyclic) bond motifs is 1. The van der Waals surface area contributed by atoms with Crippen molar-refractivity contribution in [2.24, 2.45) is 11.3 Å². The summed E-state index contributed by atoms with van der Waals surface area (Å²) in [4.78, 5) is 19.7. The van der Waals surface area contributed by atoms with Gasteiger partial charge in [0.2, 0.25) is 0 Å². The minimum atomic E-state index is 0.120. The molecule has 0 aromatic carbocycles. The van der Waals surface area contributed by atoms with Crippen molar-refractivity contribution in [1.29, 1.82) is 0 Å². The number of likely N-dealkylation sites (N-methyl/N-ethyl adjacent to an activating group) is 1. The Morgan fingerprint density at radius 3 is 2.69 bits per heavy atom. The number of thiophene rings is 1. The summed E-state index contributed by atoms with van der Waals surface area (Å²) >= 11 is 1.71. The van der Waals surface area contributed by atoms with Crippen LogP contribution in [0.1, 0.15) is 53.7 Å². The Morgan fingerprint density at radius 2 is 2.00 bits per heavy atom. The van der Waals surface area contributed by atoms with Crippen LogP contribution in [-0.2, 0) is 12.8 Å². The molecule has 1 saturated heterocycles. The third kappa shape index (κ3) is 5.08. The van der Waals surface area contributed by atoms with E-state index < -0.39 is 0 Å². The molecule has 4 nitrogen and oxygen atoms in total. The van der Waals surface area contributed by atoms with Crippen LogP contribution in [0.25, 0.3) is 0 Å². The van der Waals surface area contributed by atoms with Crippen LogP contribution in [0.4, 0.5) is 0 Å². The highest BCUT2D eigenvalue weighted by atomic mass is 32.1. The van der Waals surface area contributed by atoms with E-state index in [4.69, 9.17) is 0 Å². The fourth-order valence-corrected chi connectivity index (χ4v) is 5.16. The average molecular weight is 378 g/mol. The molecule has 0 radical (unpaired) electrons. The third-order valence-electron chi connectivity index (χ3n) is 6.06. The number of hydrogen-bond donors (Lipinski definition) is 1. The molecular formula is C21H35N3OS. The van der Waals surface area contributed by atoms with Crippen molar-refractivity contribution in [3.63, 3.8) is 0 Å². The maximum atomic E-state index is 12.5. The Labute approximate surface area is 162 Å². The van der Waals surface area contributed by atoms with Crippen LogP contribution in [-0.4, -0.2) is 62.0 Å². The van der Waals surface area contributed by atoms with E-state index in [0.717, 1.165) is 69.3 Å². The average Bonchev–Trinajstić information content (AvgIpc) is 3.02. The van der Waals surface area contributed by atoms with Crippen molar-refractivity contribution in [2.45, 2.75) is 46.5 Å². The van der Waals surface area contributed by atoms with Gasteiger partial charge < -0.3 is 15.1 Å². The van der Waals surface area contributed by atoms with Gasteiger partial charge in [-0.25, -0.2) is 0 Å². The number of carbonyl (C=O) groups excluding carboxylic acids is 1. The summed E-state index contributed by atoms with van der Waals surface area (Å²) in [5.41, 5.74) is 1.77. The first-order valence-corrected chi connectivity index (χ1v) is 11.0. The summed E-state index contributed by atoms with van der Waals surface area (Å²) in [6.45, 7) is 13.5. The quantitative estimate of drug-likeness (QED) is 0.800. The van der Waals surface area contributed by atoms with Gasteiger partial charge in [0.25, 0.3) is 5.91 Å². The largest absolute Gasteiger partial charge is 0.351 e. The van der Waals surface area contributed by atoms with E-state index in [0.29, 0.717) is 5.41 Å². The van der Waals surface area contributed by atoms with Crippen molar-refractivity contribution in [2.75, 3.05) is 46.3 Å². The normalized spacial score (nSPS) is 22.2. The number of nitrogens with zero attached hydrogens (tertiary/aromatic N) is 2. The lowest BCUT2D eigenvalue weighted by atomic mass is 9.72. The molecule has 146 valence electrons. The highest BCUT2D eigenvalue weighted by Gasteiger charge is 2.30. The van der Waals surface area contributed by atoms with E-state index >= 15 is 0 Å². The summed E-state index contributed by atoms with van der Waals surface area (Å²) in [5, 5.41) is 3.13. The number of carbonyl (C=O) groups is 1. The predicted octanol–water partition coefficient (Wildman–Crippen LogP) is 3.27. The van der Waals surface area contributed by atoms with Gasteiger partial charge in [0.15, 0.2) is 0 Å². The molecule has 1 atom stereocenters. The van der Waals surface area contributed by atoms with E-state index in [1.807, 2.05) is 0 Å². The molecule has 1 unspecified atom stereocenters. The molecule has 0 bridgehead atoms. The zero-order chi connectivity index (χ0) is 18.7. The van der Waals surface area contributed by atoms with E-state index in [2.05, 4.69) is 49.0 Å². The first-order valence-electron chi connectivity index (χ1n) is 10.1. The predicted molar refractivity (Wildman–Crippen MR) is 110 cm³/mol. The molecule has 1 aliphatic carbocycles. The molecule has 3 rings (SSSR count). The van der Waals surface area contributed by atoms with Crippen molar-refractivity contribution in [3.05, 3.63) is 21.4 Å². The van der Waals surface area contributed by atoms with E-state index in [1.54, 1.807) is 11.3 Å². The van der Waals surface area contributed by atoms with Crippen LogP contribution in [0.3, 0.4) is 0 Å². The van der Waals surface area contributed by atoms with Crippen LogP contribution >= 0.6 is 11.3 Å². The lowest BCUT2D eigenvalue weighted by Gasteiger charge is -2.33. The van der Waals surface area contributed by atoms with Gasteiger partial charge in [-0.3, -0.25) is 4.79 Å². The highest BCUT2D eigenvalue weighted by molar-refractivity contribution is 7.14. The standard InChI is InChI=1S/C21H35N3OS/c1-21(2,3)17-6-7-18-16(14-17)15-19(26-18)20(25)22-8-5-9-24-12-10-23(4)11-13-24/h15,17H,5-14H2,1-4H3,(H,22,25). The Hall–Kier alpha value is -0.910. The third-order valence-corrected chi connectivity index (χ3v) is 7.30. The summed E-state index contributed by atoms with van der Waals surface area (Å²) in [5.74, 6) is 0.846. The van der Waals surface area contributed by atoms with Crippen LogP contribution in [0.15, 0.2) is 6.07 Å². The van der Waals surface area contributed by atoms with E-state index in [1.165, 1.54) is 16.9 Å². The fraction of sp³-hybridized carbons (Fsp3) is 0.762. The first kappa shape index (κ1) is 19.8. The molecule has 26 heavy (non-hydrogen) atoms. The smallest absolute Gasteiger partial charge is 0.261 e. The van der Waals surface area contributed by atoms with Crippen molar-refractivity contribution in [3.8, 4) is 0 Å². The van der Waals surface area contributed by atoms with E-state index in [9.17, 15) is 4.79 Å². The second-order valence-electron chi connectivity index (χ2n) is 9.12. The van der Waals surface area contributed by atoms with Gasteiger partial charge in [0.1, 0.15) is 0 Å².